The van der Waals surface area contributed by atoms with E-state index < -0.39 is 0 Å². The van der Waals surface area contributed by atoms with Gasteiger partial charge in [-0.1, -0.05) is 0 Å². The van der Waals surface area contributed by atoms with Crippen LogP contribution >= 0.6 is 0 Å². The zero-order valence-electron chi connectivity index (χ0n) is 12.4. The number of anilines is 1. The lowest BCUT2D eigenvalue weighted by Crippen LogP contribution is -2.43. The van der Waals surface area contributed by atoms with Crippen LogP contribution in [0.3, 0.4) is 0 Å². The molecule has 1 atom stereocenters. The van der Waals surface area contributed by atoms with Crippen molar-refractivity contribution in [1.82, 2.24) is 25.1 Å². The summed E-state index contributed by atoms with van der Waals surface area (Å²) in [5.41, 5.74) is 0.820. The molecule has 2 aromatic rings. The van der Waals surface area contributed by atoms with E-state index in [1.807, 2.05) is 14.0 Å². The molecule has 0 aromatic carbocycles. The number of hydrogen-bond acceptors (Lipinski definition) is 5. The summed E-state index contributed by atoms with van der Waals surface area (Å²) in [5.74, 6) is 1.04. The molecule has 0 bridgehead atoms. The zero-order valence-corrected chi connectivity index (χ0v) is 12.4. The topological polar surface area (TPSA) is 75.9 Å². The summed E-state index contributed by atoms with van der Waals surface area (Å²) < 4.78 is 1.74. The summed E-state index contributed by atoms with van der Waals surface area (Å²) in [5, 5.41) is 8.10. The molecule has 3 rings (SSSR count). The van der Waals surface area contributed by atoms with Gasteiger partial charge in [-0.3, -0.25) is 9.48 Å². The van der Waals surface area contributed by atoms with Crippen molar-refractivity contribution in [3.63, 3.8) is 0 Å². The first-order valence-corrected chi connectivity index (χ1v) is 7.36. The van der Waals surface area contributed by atoms with E-state index in [4.69, 9.17) is 0 Å². The predicted octanol–water partition coefficient (Wildman–Crippen LogP) is 0.716. The van der Waals surface area contributed by atoms with Gasteiger partial charge in [-0.25, -0.2) is 9.97 Å². The van der Waals surface area contributed by atoms with Crippen LogP contribution in [0.4, 0.5) is 5.82 Å². The van der Waals surface area contributed by atoms with Gasteiger partial charge in [0.15, 0.2) is 5.65 Å². The van der Waals surface area contributed by atoms with Crippen molar-refractivity contribution in [1.29, 1.82) is 0 Å². The van der Waals surface area contributed by atoms with E-state index in [9.17, 15) is 4.79 Å². The maximum absolute atomic E-state index is 12.1. The second-order valence-electron chi connectivity index (χ2n) is 5.38. The minimum absolute atomic E-state index is 0.0281. The lowest BCUT2D eigenvalue weighted by Gasteiger charge is -2.33. The van der Waals surface area contributed by atoms with Gasteiger partial charge >= 0.3 is 0 Å². The van der Waals surface area contributed by atoms with E-state index in [2.05, 4.69) is 25.3 Å². The highest BCUT2D eigenvalue weighted by molar-refractivity contribution is 5.87. The van der Waals surface area contributed by atoms with Crippen molar-refractivity contribution in [2.75, 3.05) is 24.5 Å². The molecule has 1 amide bonds. The summed E-state index contributed by atoms with van der Waals surface area (Å²) in [6, 6.07) is 0. The number of carbonyl (C=O) groups excluding carboxylic acids is 1. The molecule has 0 saturated carbocycles. The van der Waals surface area contributed by atoms with Gasteiger partial charge in [0.25, 0.3) is 0 Å². The number of amides is 1. The van der Waals surface area contributed by atoms with Gasteiger partial charge in [0.2, 0.25) is 5.91 Å². The molecule has 0 radical (unpaired) electrons. The fourth-order valence-corrected chi connectivity index (χ4v) is 2.90. The van der Waals surface area contributed by atoms with Gasteiger partial charge in [-0.2, -0.15) is 5.10 Å². The van der Waals surface area contributed by atoms with Crippen LogP contribution < -0.4 is 10.2 Å². The molecule has 1 N–H and O–H groups in total. The maximum Gasteiger partial charge on any atom is 0.224 e. The Labute approximate surface area is 123 Å². The average molecular weight is 288 g/mol. The largest absolute Gasteiger partial charge is 0.356 e. The van der Waals surface area contributed by atoms with Crippen LogP contribution in [0, 0.1) is 5.92 Å². The number of rotatable bonds is 3. The molecule has 2 aromatic heterocycles. The summed E-state index contributed by atoms with van der Waals surface area (Å²) in [4.78, 5) is 22.9. The highest BCUT2D eigenvalue weighted by Gasteiger charge is 2.27. The average Bonchev–Trinajstić information content (AvgIpc) is 2.89. The van der Waals surface area contributed by atoms with E-state index >= 15 is 0 Å². The quantitative estimate of drug-likeness (QED) is 0.900. The van der Waals surface area contributed by atoms with E-state index in [1.165, 1.54) is 0 Å². The van der Waals surface area contributed by atoms with Crippen LogP contribution in [-0.4, -0.2) is 45.3 Å². The standard InChI is InChI=1S/C14H20N6O/c1-3-15-14(21)10-5-4-6-20(8-10)13-11-7-18-19(2)12(11)16-9-17-13/h7,9-10H,3-6,8H2,1-2H3,(H,15,21)/t10-/m0/s1. The van der Waals surface area contributed by atoms with Crippen molar-refractivity contribution < 1.29 is 4.79 Å². The Bertz CT molecular complexity index is 652. The maximum atomic E-state index is 12.1. The first-order valence-electron chi connectivity index (χ1n) is 7.36. The number of aromatic nitrogens is 4. The molecule has 0 spiro atoms. The third-order valence-electron chi connectivity index (χ3n) is 3.95. The van der Waals surface area contributed by atoms with Crippen LogP contribution in [0.5, 0.6) is 0 Å². The molecule has 1 aliphatic heterocycles. The third-order valence-corrected chi connectivity index (χ3v) is 3.95. The lowest BCUT2D eigenvalue weighted by molar-refractivity contribution is -0.125. The number of nitrogens with zero attached hydrogens (tertiary/aromatic N) is 5. The molecular weight excluding hydrogens is 268 g/mol. The van der Waals surface area contributed by atoms with Crippen LogP contribution in [0.1, 0.15) is 19.8 Å². The number of aryl methyl sites for hydroxylation is 1. The third kappa shape index (κ3) is 2.55. The second-order valence-corrected chi connectivity index (χ2v) is 5.38. The molecule has 0 unspecified atom stereocenters. The molecule has 21 heavy (non-hydrogen) atoms. The van der Waals surface area contributed by atoms with Gasteiger partial charge in [-0.15, -0.1) is 0 Å². The molecule has 112 valence electrons. The van der Waals surface area contributed by atoms with Crippen molar-refractivity contribution in [2.24, 2.45) is 13.0 Å². The van der Waals surface area contributed by atoms with Crippen LogP contribution in [-0.2, 0) is 11.8 Å². The van der Waals surface area contributed by atoms with Crippen molar-refractivity contribution >= 4 is 22.8 Å². The van der Waals surface area contributed by atoms with Gasteiger partial charge in [0.05, 0.1) is 17.5 Å². The highest BCUT2D eigenvalue weighted by atomic mass is 16.1. The minimum Gasteiger partial charge on any atom is -0.356 e. The molecule has 7 nitrogen and oxygen atoms in total. The molecular formula is C14H20N6O. The lowest BCUT2D eigenvalue weighted by atomic mass is 9.97. The summed E-state index contributed by atoms with van der Waals surface area (Å²) in [6.45, 7) is 4.24. The number of piperidine rings is 1. The molecule has 1 saturated heterocycles. The van der Waals surface area contributed by atoms with Crippen LogP contribution in [0.15, 0.2) is 12.5 Å². The van der Waals surface area contributed by atoms with Crippen molar-refractivity contribution in [2.45, 2.75) is 19.8 Å². The SMILES string of the molecule is CCNC(=O)[C@H]1CCCN(c2ncnc3c2cnn3C)C1. The predicted molar refractivity (Wildman–Crippen MR) is 79.9 cm³/mol. The Morgan fingerprint density at radius 2 is 2.33 bits per heavy atom. The Morgan fingerprint density at radius 3 is 3.14 bits per heavy atom. The number of nitrogens with one attached hydrogen (secondary N) is 1. The van der Waals surface area contributed by atoms with Crippen molar-refractivity contribution in [3.8, 4) is 0 Å². The Kier molecular flexibility index (Phi) is 3.72. The zero-order chi connectivity index (χ0) is 14.8. The number of hydrogen-bond donors (Lipinski definition) is 1. The summed E-state index contributed by atoms with van der Waals surface area (Å²) >= 11 is 0. The van der Waals surface area contributed by atoms with E-state index in [0.717, 1.165) is 36.2 Å². The number of carbonyl (C=O) groups is 1. The fraction of sp³-hybridized carbons (Fsp3) is 0.571. The smallest absolute Gasteiger partial charge is 0.224 e. The second kappa shape index (κ2) is 5.67. The molecule has 7 heteroatoms. The fourth-order valence-electron chi connectivity index (χ4n) is 2.90. The Morgan fingerprint density at radius 1 is 1.48 bits per heavy atom. The summed E-state index contributed by atoms with van der Waals surface area (Å²) in [6.07, 6.45) is 5.28. The summed E-state index contributed by atoms with van der Waals surface area (Å²) in [7, 11) is 1.87. The van der Waals surface area contributed by atoms with E-state index in [-0.39, 0.29) is 11.8 Å². The van der Waals surface area contributed by atoms with Crippen LogP contribution in [0.2, 0.25) is 0 Å². The van der Waals surface area contributed by atoms with Gasteiger partial charge < -0.3 is 10.2 Å². The first-order chi connectivity index (χ1) is 10.2. The van der Waals surface area contributed by atoms with Gasteiger partial charge in [0.1, 0.15) is 12.1 Å². The Hall–Kier alpha value is -2.18. The molecule has 0 aliphatic carbocycles. The van der Waals surface area contributed by atoms with Crippen LogP contribution in [0.25, 0.3) is 11.0 Å². The minimum atomic E-state index is 0.0281. The Balaban J connectivity index is 1.86. The van der Waals surface area contributed by atoms with Gasteiger partial charge in [0, 0.05) is 26.7 Å². The number of fused-ring (bicyclic) bond motifs is 1. The van der Waals surface area contributed by atoms with Crippen molar-refractivity contribution in [3.05, 3.63) is 12.5 Å². The molecule has 3 heterocycles. The highest BCUT2D eigenvalue weighted by Crippen LogP contribution is 2.27. The van der Waals surface area contributed by atoms with E-state index in [1.54, 1.807) is 17.2 Å². The monoisotopic (exact) mass is 288 g/mol. The van der Waals surface area contributed by atoms with Gasteiger partial charge in [-0.05, 0) is 19.8 Å². The molecule has 1 fully saturated rings. The first kappa shape index (κ1) is 13.8. The van der Waals surface area contributed by atoms with E-state index in [0.29, 0.717) is 13.1 Å². The normalized spacial score (nSPS) is 19.0. The molecule has 1 aliphatic rings.